The Labute approximate surface area is 295 Å². The highest BCUT2D eigenvalue weighted by atomic mass is 16.3. The second-order valence-corrected chi connectivity index (χ2v) is 12.8. The molecule has 51 heavy (non-hydrogen) atoms. The number of oxazole rings is 1. The zero-order chi connectivity index (χ0) is 33.7. The summed E-state index contributed by atoms with van der Waals surface area (Å²) >= 11 is 0. The van der Waals surface area contributed by atoms with Gasteiger partial charge in [0.05, 0.1) is 11.0 Å². The Morgan fingerprint density at radius 2 is 1.02 bits per heavy atom. The van der Waals surface area contributed by atoms with E-state index in [-0.39, 0.29) is 0 Å². The maximum Gasteiger partial charge on any atom is 0.227 e. The minimum Gasteiger partial charge on any atom is -0.436 e. The molecule has 240 valence electrons. The molecule has 0 saturated heterocycles. The van der Waals surface area contributed by atoms with Crippen LogP contribution in [0.4, 0.5) is 17.1 Å². The summed E-state index contributed by atoms with van der Waals surface area (Å²) in [4.78, 5) is 7.27. The van der Waals surface area contributed by atoms with Crippen LogP contribution in [-0.4, -0.2) is 9.55 Å². The first kappa shape index (κ1) is 29.0. The summed E-state index contributed by atoms with van der Waals surface area (Å²) in [5, 5.41) is 4.66. The van der Waals surface area contributed by atoms with Gasteiger partial charge in [0.2, 0.25) is 5.89 Å². The topological polar surface area (TPSA) is 34.2 Å². The van der Waals surface area contributed by atoms with E-state index in [0.717, 1.165) is 61.3 Å². The minimum atomic E-state index is 0.630. The van der Waals surface area contributed by atoms with Crippen molar-refractivity contribution < 1.29 is 4.42 Å². The van der Waals surface area contributed by atoms with Gasteiger partial charge in [-0.2, -0.15) is 0 Å². The van der Waals surface area contributed by atoms with E-state index in [1.807, 2.05) is 30.3 Å². The second-order valence-electron chi connectivity index (χ2n) is 12.8. The van der Waals surface area contributed by atoms with Gasteiger partial charge in [-0.05, 0) is 95.4 Å². The molecule has 10 rings (SSSR count). The van der Waals surface area contributed by atoms with Gasteiger partial charge in [0.1, 0.15) is 5.52 Å². The van der Waals surface area contributed by atoms with Crippen LogP contribution in [0.25, 0.3) is 71.9 Å². The van der Waals surface area contributed by atoms with Crippen LogP contribution in [0.3, 0.4) is 0 Å². The summed E-state index contributed by atoms with van der Waals surface area (Å²) in [5.41, 5.74) is 11.6. The Bertz CT molecular complexity index is 2840. The Kier molecular flexibility index (Phi) is 6.78. The smallest absolute Gasteiger partial charge is 0.227 e. The number of aromatic nitrogens is 2. The SMILES string of the molecule is c1ccc(-c2nc3c(cc(-c4ccc(N(c5ccccc5)c5ccc6c(c5)c5ccccc5n6-c5ccccc5)cc4)c4ccccc43)o2)cc1. The molecular formula is C47H31N3O. The molecule has 0 bridgehead atoms. The summed E-state index contributed by atoms with van der Waals surface area (Å²) in [6, 6.07) is 66.2. The lowest BCUT2D eigenvalue weighted by atomic mass is 9.97. The number of benzene rings is 8. The average Bonchev–Trinajstić information content (AvgIpc) is 3.79. The monoisotopic (exact) mass is 653 g/mol. The van der Waals surface area contributed by atoms with Crippen LogP contribution in [-0.2, 0) is 0 Å². The van der Waals surface area contributed by atoms with Crippen molar-refractivity contribution in [2.24, 2.45) is 0 Å². The Morgan fingerprint density at radius 3 is 1.78 bits per heavy atom. The largest absolute Gasteiger partial charge is 0.436 e. The van der Waals surface area contributed by atoms with Crippen molar-refractivity contribution >= 4 is 60.7 Å². The third kappa shape index (κ3) is 4.88. The number of anilines is 3. The van der Waals surface area contributed by atoms with Gasteiger partial charge in [0.15, 0.2) is 5.58 Å². The predicted molar refractivity (Wildman–Crippen MR) is 211 cm³/mol. The van der Waals surface area contributed by atoms with Crippen LogP contribution in [0.5, 0.6) is 0 Å². The molecule has 0 N–H and O–H groups in total. The summed E-state index contributed by atoms with van der Waals surface area (Å²) in [5.74, 6) is 0.630. The lowest BCUT2D eigenvalue weighted by Crippen LogP contribution is -2.09. The molecule has 4 heteroatoms. The number of hydrogen-bond acceptors (Lipinski definition) is 3. The fourth-order valence-corrected chi connectivity index (χ4v) is 7.47. The first-order valence-corrected chi connectivity index (χ1v) is 17.2. The molecule has 0 atom stereocenters. The third-order valence-electron chi connectivity index (χ3n) is 9.80. The van der Waals surface area contributed by atoms with Crippen molar-refractivity contribution in [3.05, 3.63) is 188 Å². The molecule has 4 nitrogen and oxygen atoms in total. The summed E-state index contributed by atoms with van der Waals surface area (Å²) < 4.78 is 8.73. The van der Waals surface area contributed by atoms with Gasteiger partial charge in [0.25, 0.3) is 0 Å². The number of para-hydroxylation sites is 3. The van der Waals surface area contributed by atoms with E-state index in [4.69, 9.17) is 9.40 Å². The first-order valence-electron chi connectivity index (χ1n) is 17.2. The zero-order valence-electron chi connectivity index (χ0n) is 27.6. The van der Waals surface area contributed by atoms with Crippen molar-refractivity contribution in [1.29, 1.82) is 0 Å². The standard InChI is InChI=1S/C47H31N3O/c1-4-14-33(15-5-1)47-48-46-40-22-11-10-20-38(40)41(31-45(46)51-47)32-24-26-36(27-25-32)49(34-16-6-2-7-17-34)37-28-29-44-42(30-37)39-21-12-13-23-43(39)50(44)35-18-8-3-9-19-35/h1-31H. The highest BCUT2D eigenvalue weighted by Crippen LogP contribution is 2.41. The molecule has 2 aromatic heterocycles. The van der Waals surface area contributed by atoms with Crippen LogP contribution >= 0.6 is 0 Å². The number of nitrogens with zero attached hydrogens (tertiary/aromatic N) is 3. The van der Waals surface area contributed by atoms with Crippen molar-refractivity contribution in [2.75, 3.05) is 4.90 Å². The van der Waals surface area contributed by atoms with Crippen LogP contribution in [0, 0.1) is 0 Å². The Balaban J connectivity index is 1.10. The molecule has 0 aliphatic heterocycles. The lowest BCUT2D eigenvalue weighted by Gasteiger charge is -2.26. The van der Waals surface area contributed by atoms with Crippen LogP contribution in [0.2, 0.25) is 0 Å². The molecule has 0 unspecified atom stereocenters. The molecule has 0 amide bonds. The normalized spacial score (nSPS) is 11.5. The van der Waals surface area contributed by atoms with Gasteiger partial charge in [-0.1, -0.05) is 109 Å². The minimum absolute atomic E-state index is 0.630. The van der Waals surface area contributed by atoms with E-state index in [0.29, 0.717) is 5.89 Å². The lowest BCUT2D eigenvalue weighted by molar-refractivity contribution is 0.620. The van der Waals surface area contributed by atoms with Crippen molar-refractivity contribution in [2.45, 2.75) is 0 Å². The molecule has 0 aliphatic carbocycles. The molecule has 2 heterocycles. The highest BCUT2D eigenvalue weighted by Gasteiger charge is 2.19. The third-order valence-corrected chi connectivity index (χ3v) is 9.80. The maximum absolute atomic E-state index is 6.38. The van der Waals surface area contributed by atoms with Gasteiger partial charge in [-0.3, -0.25) is 0 Å². The van der Waals surface area contributed by atoms with E-state index < -0.39 is 0 Å². The summed E-state index contributed by atoms with van der Waals surface area (Å²) in [6.45, 7) is 0. The molecule has 0 aliphatic rings. The van der Waals surface area contributed by atoms with E-state index in [1.54, 1.807) is 0 Å². The molecule has 0 fully saturated rings. The molecule has 0 spiro atoms. The maximum atomic E-state index is 6.38. The fraction of sp³-hybridized carbons (Fsp3) is 0. The van der Waals surface area contributed by atoms with E-state index in [9.17, 15) is 0 Å². The van der Waals surface area contributed by atoms with Gasteiger partial charge in [-0.15, -0.1) is 0 Å². The van der Waals surface area contributed by atoms with Crippen molar-refractivity contribution in [1.82, 2.24) is 9.55 Å². The van der Waals surface area contributed by atoms with Crippen molar-refractivity contribution in [3.8, 4) is 28.3 Å². The number of rotatable bonds is 6. The van der Waals surface area contributed by atoms with Crippen LogP contribution < -0.4 is 4.90 Å². The first-order chi connectivity index (χ1) is 25.3. The van der Waals surface area contributed by atoms with E-state index in [2.05, 4.69) is 167 Å². The quantitative estimate of drug-likeness (QED) is 0.179. The second kappa shape index (κ2) is 11.9. The van der Waals surface area contributed by atoms with Crippen LogP contribution in [0.15, 0.2) is 192 Å². The van der Waals surface area contributed by atoms with Gasteiger partial charge >= 0.3 is 0 Å². The molecule has 0 radical (unpaired) electrons. The summed E-state index contributed by atoms with van der Waals surface area (Å²) in [6.07, 6.45) is 0. The molecule has 0 saturated carbocycles. The summed E-state index contributed by atoms with van der Waals surface area (Å²) in [7, 11) is 0. The number of fused-ring (bicyclic) bond motifs is 6. The number of hydrogen-bond donors (Lipinski definition) is 0. The fourth-order valence-electron chi connectivity index (χ4n) is 7.47. The average molecular weight is 654 g/mol. The molecule has 8 aromatic carbocycles. The van der Waals surface area contributed by atoms with Gasteiger partial charge in [0, 0.05) is 44.5 Å². The van der Waals surface area contributed by atoms with E-state index in [1.165, 1.54) is 21.8 Å². The molecular weight excluding hydrogens is 623 g/mol. The van der Waals surface area contributed by atoms with E-state index >= 15 is 0 Å². The highest BCUT2D eigenvalue weighted by molar-refractivity contribution is 6.12. The molecule has 10 aromatic rings. The Hall–Kier alpha value is -6.91. The van der Waals surface area contributed by atoms with Crippen molar-refractivity contribution in [3.63, 3.8) is 0 Å². The van der Waals surface area contributed by atoms with Gasteiger partial charge in [-0.25, -0.2) is 4.98 Å². The zero-order valence-corrected chi connectivity index (χ0v) is 27.6. The van der Waals surface area contributed by atoms with Gasteiger partial charge < -0.3 is 13.9 Å². The Morgan fingerprint density at radius 1 is 0.431 bits per heavy atom. The predicted octanol–water partition coefficient (Wildman–Crippen LogP) is 12.9. The van der Waals surface area contributed by atoms with Crippen LogP contribution in [0.1, 0.15) is 0 Å².